The third kappa shape index (κ3) is 3.40. The maximum Gasteiger partial charge on any atom is 0.258 e. The lowest BCUT2D eigenvalue weighted by atomic mass is 10.1. The van der Waals surface area contributed by atoms with Crippen LogP contribution in [0.2, 0.25) is 5.02 Å². The molecule has 0 atom stereocenters. The van der Waals surface area contributed by atoms with Crippen LogP contribution in [0, 0.1) is 6.92 Å². The Kier molecular flexibility index (Phi) is 4.46. The number of thioether (sulfide) groups is 1. The molecule has 0 amide bonds. The fourth-order valence-electron chi connectivity index (χ4n) is 1.42. The van der Waals surface area contributed by atoms with Crippen LogP contribution < -0.4 is 5.56 Å². The van der Waals surface area contributed by atoms with Gasteiger partial charge in [0.2, 0.25) is 5.88 Å². The van der Waals surface area contributed by atoms with Crippen molar-refractivity contribution in [3.8, 4) is 5.88 Å². The number of benzene rings is 1. The Bertz CT molecular complexity index is 698. The molecule has 0 fully saturated rings. The summed E-state index contributed by atoms with van der Waals surface area (Å²) in [6, 6.07) is 6.54. The van der Waals surface area contributed by atoms with Crippen molar-refractivity contribution in [3.05, 3.63) is 50.8 Å². The van der Waals surface area contributed by atoms with E-state index in [0.717, 1.165) is 11.8 Å². The van der Waals surface area contributed by atoms with Crippen molar-refractivity contribution < 1.29 is 9.90 Å². The Morgan fingerprint density at radius 2 is 2.05 bits per heavy atom. The smallest absolute Gasteiger partial charge is 0.258 e. The first-order valence-corrected chi connectivity index (χ1v) is 7.05. The van der Waals surface area contributed by atoms with Gasteiger partial charge in [-0.3, -0.25) is 9.59 Å². The van der Waals surface area contributed by atoms with E-state index in [1.54, 1.807) is 24.3 Å². The van der Waals surface area contributed by atoms with Crippen LogP contribution in [0.5, 0.6) is 5.88 Å². The number of nitrogens with zero attached hydrogens (tertiary/aromatic N) is 1. The number of aromatic amines is 1. The molecule has 1 heterocycles. The quantitative estimate of drug-likeness (QED) is 0.515. The summed E-state index contributed by atoms with van der Waals surface area (Å²) in [5, 5.41) is 10.2. The zero-order valence-corrected chi connectivity index (χ0v) is 12.1. The molecule has 1 aromatic heterocycles. The van der Waals surface area contributed by atoms with Gasteiger partial charge in [-0.1, -0.05) is 23.4 Å². The topological polar surface area (TPSA) is 83.1 Å². The molecule has 0 aliphatic carbocycles. The molecule has 104 valence electrons. The van der Waals surface area contributed by atoms with E-state index in [-0.39, 0.29) is 28.1 Å². The molecule has 2 rings (SSSR count). The van der Waals surface area contributed by atoms with E-state index in [0.29, 0.717) is 10.6 Å². The first kappa shape index (κ1) is 14.6. The molecule has 2 aromatic rings. The van der Waals surface area contributed by atoms with Crippen LogP contribution in [0.3, 0.4) is 0 Å². The molecule has 1 aromatic carbocycles. The fraction of sp³-hybridized carbons (Fsp3) is 0.154. The van der Waals surface area contributed by atoms with Gasteiger partial charge in [0.05, 0.1) is 11.3 Å². The van der Waals surface area contributed by atoms with E-state index in [4.69, 9.17) is 11.6 Å². The molecule has 0 unspecified atom stereocenters. The molecular weight excluding hydrogens is 300 g/mol. The van der Waals surface area contributed by atoms with Crippen molar-refractivity contribution in [2.75, 3.05) is 5.75 Å². The fourth-order valence-corrected chi connectivity index (χ4v) is 2.30. The van der Waals surface area contributed by atoms with Crippen molar-refractivity contribution in [2.24, 2.45) is 0 Å². The second-order valence-corrected chi connectivity index (χ2v) is 5.44. The standard InChI is InChI=1S/C13H11ClN2O3S/c1-7-11(18)15-13(16-12(7)19)20-6-10(17)8-2-4-9(14)5-3-8/h2-5H,6H2,1H3,(H2,15,16,18,19). The van der Waals surface area contributed by atoms with Gasteiger partial charge in [-0.25, -0.2) is 0 Å². The molecule has 7 heteroatoms. The molecule has 2 N–H and O–H groups in total. The summed E-state index contributed by atoms with van der Waals surface area (Å²) in [4.78, 5) is 29.7. The zero-order chi connectivity index (χ0) is 14.7. The highest BCUT2D eigenvalue weighted by Gasteiger charge is 2.10. The van der Waals surface area contributed by atoms with Gasteiger partial charge < -0.3 is 10.1 Å². The van der Waals surface area contributed by atoms with Crippen LogP contribution in [-0.2, 0) is 0 Å². The van der Waals surface area contributed by atoms with Crippen LogP contribution in [-0.4, -0.2) is 26.6 Å². The van der Waals surface area contributed by atoms with Gasteiger partial charge in [0.25, 0.3) is 5.56 Å². The summed E-state index contributed by atoms with van der Waals surface area (Å²) in [5.41, 5.74) is 0.262. The SMILES string of the molecule is Cc1c(O)nc(SCC(=O)c2ccc(Cl)cc2)[nH]c1=O. The molecule has 5 nitrogen and oxygen atoms in total. The third-order valence-corrected chi connectivity index (χ3v) is 3.74. The van der Waals surface area contributed by atoms with Crippen LogP contribution in [0.1, 0.15) is 15.9 Å². The molecule has 0 saturated carbocycles. The predicted molar refractivity (Wildman–Crippen MR) is 77.8 cm³/mol. The molecular formula is C13H11ClN2O3S. The number of hydrogen-bond acceptors (Lipinski definition) is 5. The van der Waals surface area contributed by atoms with Gasteiger partial charge in [-0.05, 0) is 31.2 Å². The zero-order valence-electron chi connectivity index (χ0n) is 10.5. The molecule has 0 radical (unpaired) electrons. The summed E-state index contributed by atoms with van der Waals surface area (Å²) in [6.45, 7) is 1.47. The summed E-state index contributed by atoms with van der Waals surface area (Å²) >= 11 is 6.80. The van der Waals surface area contributed by atoms with Gasteiger partial charge in [0.1, 0.15) is 0 Å². The average Bonchev–Trinajstić information content (AvgIpc) is 2.42. The average molecular weight is 311 g/mol. The normalized spacial score (nSPS) is 10.5. The Balaban J connectivity index is 2.07. The predicted octanol–water partition coefficient (Wildman–Crippen LogP) is 2.41. The minimum Gasteiger partial charge on any atom is -0.493 e. The molecule has 0 aliphatic rings. The summed E-state index contributed by atoms with van der Waals surface area (Å²) in [5.74, 6) is -0.336. The first-order chi connectivity index (χ1) is 9.47. The van der Waals surface area contributed by atoms with Crippen molar-refractivity contribution in [1.82, 2.24) is 9.97 Å². The largest absolute Gasteiger partial charge is 0.493 e. The lowest BCUT2D eigenvalue weighted by Crippen LogP contribution is -2.12. The van der Waals surface area contributed by atoms with Crippen molar-refractivity contribution in [1.29, 1.82) is 0 Å². The Labute approximate surface area is 124 Å². The number of hydrogen-bond donors (Lipinski definition) is 2. The lowest BCUT2D eigenvalue weighted by molar-refractivity contribution is 0.102. The van der Waals surface area contributed by atoms with E-state index >= 15 is 0 Å². The highest BCUT2D eigenvalue weighted by Crippen LogP contribution is 2.18. The number of H-pyrrole nitrogens is 1. The van der Waals surface area contributed by atoms with Gasteiger partial charge in [-0.2, -0.15) is 4.98 Å². The number of aromatic nitrogens is 2. The Morgan fingerprint density at radius 3 is 2.65 bits per heavy atom. The number of aromatic hydroxyl groups is 1. The second-order valence-electron chi connectivity index (χ2n) is 4.04. The van der Waals surface area contributed by atoms with Crippen LogP contribution in [0.4, 0.5) is 0 Å². The van der Waals surface area contributed by atoms with Gasteiger partial charge in [0.15, 0.2) is 10.9 Å². The van der Waals surface area contributed by atoms with Crippen molar-refractivity contribution in [2.45, 2.75) is 12.1 Å². The van der Waals surface area contributed by atoms with E-state index in [2.05, 4.69) is 9.97 Å². The monoisotopic (exact) mass is 310 g/mol. The maximum absolute atomic E-state index is 11.9. The number of rotatable bonds is 4. The highest BCUT2D eigenvalue weighted by atomic mass is 35.5. The molecule has 0 bridgehead atoms. The molecule has 0 saturated heterocycles. The van der Waals surface area contributed by atoms with E-state index in [1.807, 2.05) is 0 Å². The number of ketones is 1. The maximum atomic E-state index is 11.9. The number of carbonyl (C=O) groups excluding carboxylic acids is 1. The van der Waals surface area contributed by atoms with Crippen LogP contribution in [0.25, 0.3) is 0 Å². The van der Waals surface area contributed by atoms with Crippen molar-refractivity contribution >= 4 is 29.1 Å². The van der Waals surface area contributed by atoms with Crippen LogP contribution >= 0.6 is 23.4 Å². The number of carbonyl (C=O) groups is 1. The van der Waals surface area contributed by atoms with Gasteiger partial charge in [0, 0.05) is 10.6 Å². The van der Waals surface area contributed by atoms with Crippen molar-refractivity contribution in [3.63, 3.8) is 0 Å². The summed E-state index contributed by atoms with van der Waals surface area (Å²) < 4.78 is 0. The molecule has 20 heavy (non-hydrogen) atoms. The minimum atomic E-state index is -0.418. The van der Waals surface area contributed by atoms with E-state index in [9.17, 15) is 14.7 Å². The van der Waals surface area contributed by atoms with Crippen LogP contribution in [0.15, 0.2) is 34.2 Å². The first-order valence-electron chi connectivity index (χ1n) is 5.69. The summed E-state index contributed by atoms with van der Waals surface area (Å²) in [6.07, 6.45) is 0. The lowest BCUT2D eigenvalue weighted by Gasteiger charge is -2.03. The number of halogens is 1. The van der Waals surface area contributed by atoms with E-state index < -0.39 is 5.56 Å². The Hall–Kier alpha value is -1.79. The van der Waals surface area contributed by atoms with E-state index in [1.165, 1.54) is 6.92 Å². The third-order valence-electron chi connectivity index (χ3n) is 2.61. The van der Waals surface area contributed by atoms with Gasteiger partial charge in [-0.15, -0.1) is 0 Å². The second kappa shape index (κ2) is 6.11. The minimum absolute atomic E-state index is 0.104. The van der Waals surface area contributed by atoms with Gasteiger partial charge >= 0.3 is 0 Å². The number of nitrogens with one attached hydrogen (secondary N) is 1. The molecule has 0 spiro atoms. The highest BCUT2D eigenvalue weighted by molar-refractivity contribution is 7.99. The molecule has 0 aliphatic heterocycles. The Morgan fingerprint density at radius 1 is 1.40 bits per heavy atom. The summed E-state index contributed by atoms with van der Waals surface area (Å²) in [7, 11) is 0. The number of Topliss-reactive ketones (excluding diaryl/α,β-unsaturated/α-hetero) is 1.